The number of nitrogens with one attached hydrogen (secondary N) is 2. The van der Waals surface area contributed by atoms with E-state index in [1.54, 1.807) is 27.9 Å². The number of aryl methyl sites for hydroxylation is 1. The maximum absolute atomic E-state index is 14.1. The highest BCUT2D eigenvalue weighted by Crippen LogP contribution is 2.43. The van der Waals surface area contributed by atoms with Gasteiger partial charge in [0, 0.05) is 100 Å². The van der Waals surface area contributed by atoms with Crippen LogP contribution in [0.3, 0.4) is 0 Å². The second kappa shape index (κ2) is 21.1. The smallest absolute Gasteiger partial charge is 0.408 e. The minimum Gasteiger partial charge on any atom is -0.480 e. The van der Waals surface area contributed by atoms with Crippen molar-refractivity contribution in [3.63, 3.8) is 0 Å². The van der Waals surface area contributed by atoms with E-state index in [1.165, 1.54) is 11.9 Å². The first-order valence-corrected chi connectivity index (χ1v) is 23.9. The Bertz CT molecular complexity index is 2260. The minimum atomic E-state index is -1.05. The minimum absolute atomic E-state index is 0.130. The number of rotatable bonds is 15. The number of pyridine rings is 1. The number of anilines is 2. The highest BCUT2D eigenvalue weighted by atomic mass is 16.6. The fourth-order valence-electron chi connectivity index (χ4n) is 9.84. The van der Waals surface area contributed by atoms with Crippen molar-refractivity contribution < 1.29 is 48.0 Å². The van der Waals surface area contributed by atoms with E-state index in [0.717, 1.165) is 77.6 Å². The number of hydrogen-bond acceptors (Lipinski definition) is 14. The monoisotopic (exact) mass is 933 g/mol. The number of aliphatic carboxylic acids is 1. The van der Waals surface area contributed by atoms with Gasteiger partial charge in [0.2, 0.25) is 0 Å². The molecule has 2 amide bonds. The molecular weight excluding hydrogens is 861 g/mol. The van der Waals surface area contributed by atoms with Crippen LogP contribution in [0.15, 0.2) is 30.5 Å². The summed E-state index contributed by atoms with van der Waals surface area (Å²) >= 11 is 0. The number of fused-ring (bicyclic) bond motifs is 2. The Balaban J connectivity index is 1.25. The Morgan fingerprint density at radius 2 is 1.78 bits per heavy atom. The Morgan fingerprint density at radius 3 is 2.49 bits per heavy atom. The van der Waals surface area contributed by atoms with E-state index < -0.39 is 47.2 Å². The van der Waals surface area contributed by atoms with Crippen LogP contribution in [0.25, 0.3) is 22.2 Å². The molecule has 67 heavy (non-hydrogen) atoms. The van der Waals surface area contributed by atoms with Gasteiger partial charge in [0.05, 0.1) is 67.9 Å². The molecule has 18 nitrogen and oxygen atoms in total. The highest BCUT2D eigenvalue weighted by Gasteiger charge is 2.37. The largest absolute Gasteiger partial charge is 0.480 e. The van der Waals surface area contributed by atoms with Crippen molar-refractivity contribution in [3.8, 4) is 11.3 Å². The number of piperazine rings is 1. The fraction of sp³-hybridized carbons (Fsp3) is 0.653. The Morgan fingerprint density at radius 1 is 1.00 bits per heavy atom. The van der Waals surface area contributed by atoms with Crippen LogP contribution >= 0.6 is 0 Å². The molecule has 4 aliphatic heterocycles. The third kappa shape index (κ3) is 12.0. The standard InChI is InChI=1S/C49H72N8O10/c1-10-56-42-14-13-33(55-19-21-65-36(28-55)24-41(51-47(62)67-48(4,5)6)45(59)57-15-11-12-40(52-57)46(60)61)22-37(42)39(25-49(7,8)30-66-32(3)58)44(56)38-23-34(26-50-43(38)31(2)63-9)54-17-16-53-18-20-64-29-35(53)27-54/h13-14,22-23,26,31,35-36,40-41,52H,10-12,15-21,24-25,27-30H2,1-9H3,(H,51,62)(H,60,61)/t31-,35?,36?,40?,41?/m0/s1. The van der Waals surface area contributed by atoms with E-state index in [1.807, 2.05) is 13.1 Å². The summed E-state index contributed by atoms with van der Waals surface area (Å²) in [5, 5.41) is 14.8. The number of carbonyl (C=O) groups is 4. The van der Waals surface area contributed by atoms with E-state index in [4.69, 9.17) is 28.7 Å². The number of nitrogens with zero attached hydrogens (tertiary/aromatic N) is 6. The van der Waals surface area contributed by atoms with Gasteiger partial charge in [-0.25, -0.2) is 10.2 Å². The van der Waals surface area contributed by atoms with Gasteiger partial charge in [0.1, 0.15) is 17.7 Å². The average Bonchev–Trinajstić information content (AvgIpc) is 3.60. The first-order chi connectivity index (χ1) is 31.8. The van der Waals surface area contributed by atoms with Crippen molar-refractivity contribution in [1.29, 1.82) is 0 Å². The predicted molar refractivity (Wildman–Crippen MR) is 254 cm³/mol. The van der Waals surface area contributed by atoms with Gasteiger partial charge in [-0.1, -0.05) is 13.8 Å². The second-order valence-electron chi connectivity index (χ2n) is 20.1. The zero-order valence-corrected chi connectivity index (χ0v) is 40.9. The first-order valence-electron chi connectivity index (χ1n) is 23.9. The quantitative estimate of drug-likeness (QED) is 0.170. The SMILES string of the molecule is CCn1c(-c2cc(N3CCN4CCOCC4C3)cnc2[C@H](C)OC)c(CC(C)(C)COC(C)=O)c2cc(N3CCOC(CC(NC(=O)OC(C)(C)C)C(=O)N4CCCC(C(=O)O)N4)C3)ccc21. The Hall–Kier alpha value is -5.01. The molecule has 6 heterocycles. The van der Waals surface area contributed by atoms with Gasteiger partial charge in [0.15, 0.2) is 0 Å². The molecule has 3 aromatic rings. The summed E-state index contributed by atoms with van der Waals surface area (Å²) in [6.45, 7) is 22.8. The molecule has 1 aromatic carbocycles. The molecule has 4 fully saturated rings. The number of esters is 1. The van der Waals surface area contributed by atoms with Gasteiger partial charge >= 0.3 is 18.0 Å². The summed E-state index contributed by atoms with van der Waals surface area (Å²) in [6.07, 6.45) is 2.05. The molecule has 18 heteroatoms. The van der Waals surface area contributed by atoms with Crippen molar-refractivity contribution >= 4 is 46.2 Å². The molecule has 4 aliphatic rings. The highest BCUT2D eigenvalue weighted by molar-refractivity contribution is 5.95. The molecule has 0 radical (unpaired) electrons. The van der Waals surface area contributed by atoms with Crippen LogP contribution in [-0.4, -0.2) is 158 Å². The van der Waals surface area contributed by atoms with E-state index in [2.05, 4.69) is 75.0 Å². The second-order valence-corrected chi connectivity index (χ2v) is 20.1. The molecule has 4 unspecified atom stereocenters. The van der Waals surface area contributed by atoms with Gasteiger partial charge in [-0.05, 0) is 83.7 Å². The van der Waals surface area contributed by atoms with Crippen molar-refractivity contribution in [2.24, 2.45) is 5.41 Å². The number of ether oxygens (including phenoxy) is 5. The van der Waals surface area contributed by atoms with Gasteiger partial charge in [-0.3, -0.25) is 29.3 Å². The molecule has 0 spiro atoms. The normalized spacial score (nSPS) is 21.7. The maximum Gasteiger partial charge on any atom is 0.408 e. The summed E-state index contributed by atoms with van der Waals surface area (Å²) in [5.74, 6) is -1.83. The number of carboxylic acid groups (broad SMARTS) is 1. The van der Waals surface area contributed by atoms with Crippen LogP contribution in [0.2, 0.25) is 0 Å². The van der Waals surface area contributed by atoms with Gasteiger partial charge in [0.25, 0.3) is 5.91 Å². The molecular formula is C49H72N8O10. The van der Waals surface area contributed by atoms with E-state index in [9.17, 15) is 24.3 Å². The van der Waals surface area contributed by atoms with Crippen molar-refractivity contribution in [2.45, 2.75) is 124 Å². The number of morpholine rings is 2. The lowest BCUT2D eigenvalue weighted by molar-refractivity contribution is -0.148. The lowest BCUT2D eigenvalue weighted by Crippen LogP contribution is -2.61. The molecule has 3 N–H and O–H groups in total. The summed E-state index contributed by atoms with van der Waals surface area (Å²) in [7, 11) is 1.71. The summed E-state index contributed by atoms with van der Waals surface area (Å²) in [5.41, 5.74) is 8.63. The van der Waals surface area contributed by atoms with E-state index in [0.29, 0.717) is 64.7 Å². The Labute approximate surface area is 394 Å². The van der Waals surface area contributed by atoms with Crippen molar-refractivity contribution in [3.05, 3.63) is 41.7 Å². The zero-order chi connectivity index (χ0) is 48.2. The number of amides is 2. The van der Waals surface area contributed by atoms with Gasteiger partial charge in [-0.15, -0.1) is 0 Å². The molecule has 4 saturated heterocycles. The molecule has 7 rings (SSSR count). The van der Waals surface area contributed by atoms with E-state index >= 15 is 0 Å². The maximum atomic E-state index is 14.1. The number of alkyl carbamates (subject to hydrolysis) is 1. The van der Waals surface area contributed by atoms with E-state index in [-0.39, 0.29) is 25.1 Å². The molecule has 5 atom stereocenters. The summed E-state index contributed by atoms with van der Waals surface area (Å²) in [6, 6.07) is 7.14. The number of aromatic nitrogens is 2. The molecule has 0 aliphatic carbocycles. The number of benzene rings is 1. The first kappa shape index (κ1) is 49.9. The predicted octanol–water partition coefficient (Wildman–Crippen LogP) is 5.15. The molecule has 2 aromatic heterocycles. The van der Waals surface area contributed by atoms with Crippen LogP contribution < -0.4 is 20.5 Å². The Kier molecular flexibility index (Phi) is 15.7. The number of carbonyl (C=O) groups excluding carboxylic acids is 3. The van der Waals surface area contributed by atoms with Crippen molar-refractivity contribution in [2.75, 3.05) is 89.2 Å². The fourth-order valence-corrected chi connectivity index (χ4v) is 9.84. The van der Waals surface area contributed by atoms with Crippen LogP contribution in [0, 0.1) is 5.41 Å². The third-order valence-corrected chi connectivity index (χ3v) is 13.2. The van der Waals surface area contributed by atoms with Gasteiger partial charge in [-0.2, -0.15) is 0 Å². The summed E-state index contributed by atoms with van der Waals surface area (Å²) < 4.78 is 31.8. The molecule has 368 valence electrons. The number of carboxylic acids is 1. The zero-order valence-electron chi connectivity index (χ0n) is 40.9. The number of methoxy groups -OCH3 is 1. The summed E-state index contributed by atoms with van der Waals surface area (Å²) in [4.78, 5) is 63.6. The average molecular weight is 933 g/mol. The lowest BCUT2D eigenvalue weighted by atomic mass is 9.84. The van der Waals surface area contributed by atoms with Crippen LogP contribution in [0.5, 0.6) is 0 Å². The van der Waals surface area contributed by atoms with Crippen LogP contribution in [-0.2, 0) is 51.0 Å². The third-order valence-electron chi connectivity index (χ3n) is 13.2. The topological polar surface area (TPSA) is 190 Å². The van der Waals surface area contributed by atoms with Gasteiger partial charge < -0.3 is 48.5 Å². The number of hydrazine groups is 1. The van der Waals surface area contributed by atoms with Crippen molar-refractivity contribution in [1.82, 2.24) is 30.2 Å². The molecule has 0 saturated carbocycles. The lowest BCUT2D eigenvalue weighted by Gasteiger charge is -2.44. The number of hydrogen-bond donors (Lipinski definition) is 3. The van der Waals surface area contributed by atoms with Crippen LogP contribution in [0.1, 0.15) is 92.0 Å². The molecule has 0 bridgehead atoms. The van der Waals surface area contributed by atoms with Crippen LogP contribution in [0.4, 0.5) is 16.2 Å².